The fourth-order valence-electron chi connectivity index (χ4n) is 3.53. The van der Waals surface area contributed by atoms with Crippen molar-refractivity contribution in [1.29, 1.82) is 0 Å². The van der Waals surface area contributed by atoms with E-state index >= 15 is 0 Å². The second-order valence-corrected chi connectivity index (χ2v) is 8.19. The molecule has 140 valence electrons. The third kappa shape index (κ3) is 4.02. The first-order valence-electron chi connectivity index (χ1n) is 8.36. The highest BCUT2D eigenvalue weighted by molar-refractivity contribution is 7.89. The number of nitrogens with one attached hydrogen (secondary N) is 1. The Morgan fingerprint density at radius 2 is 1.84 bits per heavy atom. The van der Waals surface area contributed by atoms with E-state index in [0.717, 1.165) is 38.1 Å². The summed E-state index contributed by atoms with van der Waals surface area (Å²) < 4.78 is 45.8. The first-order chi connectivity index (χ1) is 11.9. The van der Waals surface area contributed by atoms with Crippen molar-refractivity contribution in [3.05, 3.63) is 30.1 Å². The van der Waals surface area contributed by atoms with Crippen molar-refractivity contribution >= 4 is 10.0 Å². The molecule has 0 unspecified atom stereocenters. The van der Waals surface area contributed by atoms with E-state index < -0.39 is 34.2 Å². The maximum Gasteiger partial charge on any atom is 0.240 e. The minimum absolute atomic E-state index is 0.0333. The molecular formula is C16H23FN2O5S. The van der Waals surface area contributed by atoms with Crippen LogP contribution in [0.1, 0.15) is 12.8 Å². The summed E-state index contributed by atoms with van der Waals surface area (Å²) in [5, 5.41) is 19.8. The molecule has 2 aliphatic rings. The topological polar surface area (TPSA) is 99.1 Å². The van der Waals surface area contributed by atoms with Gasteiger partial charge in [-0.25, -0.2) is 17.5 Å². The summed E-state index contributed by atoms with van der Waals surface area (Å²) in [5.74, 6) is -0.513. The number of likely N-dealkylation sites (tertiary alicyclic amines) is 1. The molecule has 2 aliphatic heterocycles. The SMILES string of the molecule is O=S(=O)(NC[C@H]1O[C@@H](CO)[C@@H](O)[C@H]1N1CCCC1)c1ccc(F)cc1. The molecular weight excluding hydrogens is 351 g/mol. The van der Waals surface area contributed by atoms with Crippen molar-refractivity contribution in [3.8, 4) is 0 Å². The number of benzene rings is 1. The molecule has 0 spiro atoms. The predicted octanol–water partition coefficient (Wildman–Crippen LogP) is -0.311. The van der Waals surface area contributed by atoms with E-state index in [1.165, 1.54) is 12.1 Å². The van der Waals surface area contributed by atoms with Crippen molar-refractivity contribution in [1.82, 2.24) is 9.62 Å². The Kier molecular flexibility index (Phi) is 5.71. The third-order valence-corrected chi connectivity index (χ3v) is 6.24. The molecule has 2 heterocycles. The number of ether oxygens (including phenoxy) is 1. The lowest BCUT2D eigenvalue weighted by Gasteiger charge is -2.30. The lowest BCUT2D eigenvalue weighted by Crippen LogP contribution is -2.50. The third-order valence-electron chi connectivity index (χ3n) is 4.80. The predicted molar refractivity (Wildman–Crippen MR) is 87.9 cm³/mol. The smallest absolute Gasteiger partial charge is 0.240 e. The molecule has 4 atom stereocenters. The maximum absolute atomic E-state index is 13.0. The molecule has 0 aromatic heterocycles. The van der Waals surface area contributed by atoms with Gasteiger partial charge in [-0.1, -0.05) is 0 Å². The van der Waals surface area contributed by atoms with Gasteiger partial charge in [-0.2, -0.15) is 0 Å². The normalized spacial score (nSPS) is 30.8. The van der Waals surface area contributed by atoms with Crippen LogP contribution < -0.4 is 4.72 Å². The molecule has 0 bridgehead atoms. The Bertz CT molecular complexity index is 678. The van der Waals surface area contributed by atoms with Crippen LogP contribution in [-0.2, 0) is 14.8 Å². The molecule has 1 aromatic carbocycles. The summed E-state index contributed by atoms with van der Waals surface area (Å²) >= 11 is 0. The van der Waals surface area contributed by atoms with Crippen LogP contribution in [0.5, 0.6) is 0 Å². The molecule has 0 radical (unpaired) electrons. The van der Waals surface area contributed by atoms with Crippen molar-refractivity contribution in [2.75, 3.05) is 26.2 Å². The zero-order valence-corrected chi connectivity index (χ0v) is 14.5. The molecule has 7 nitrogen and oxygen atoms in total. The maximum atomic E-state index is 13.0. The minimum atomic E-state index is -3.81. The number of hydrogen-bond acceptors (Lipinski definition) is 6. The van der Waals surface area contributed by atoms with Crippen LogP contribution in [0.15, 0.2) is 29.2 Å². The van der Waals surface area contributed by atoms with E-state index in [1.54, 1.807) is 0 Å². The first kappa shape index (κ1) is 18.7. The number of halogens is 1. The Morgan fingerprint density at radius 3 is 2.44 bits per heavy atom. The average Bonchev–Trinajstić information content (AvgIpc) is 3.21. The Balaban J connectivity index is 1.70. The fourth-order valence-corrected chi connectivity index (χ4v) is 4.57. The van der Waals surface area contributed by atoms with Gasteiger partial charge in [0.15, 0.2) is 0 Å². The highest BCUT2D eigenvalue weighted by Crippen LogP contribution is 2.28. The van der Waals surface area contributed by atoms with Gasteiger partial charge in [-0.05, 0) is 50.2 Å². The summed E-state index contributed by atoms with van der Waals surface area (Å²) in [7, 11) is -3.81. The minimum Gasteiger partial charge on any atom is -0.394 e. The first-order valence-corrected chi connectivity index (χ1v) is 9.84. The van der Waals surface area contributed by atoms with Crippen LogP contribution in [0.3, 0.4) is 0 Å². The highest BCUT2D eigenvalue weighted by Gasteiger charge is 2.46. The van der Waals surface area contributed by atoms with E-state index in [2.05, 4.69) is 9.62 Å². The molecule has 1 aromatic rings. The van der Waals surface area contributed by atoms with Crippen molar-refractivity contribution in [2.24, 2.45) is 0 Å². The zero-order chi connectivity index (χ0) is 18.0. The van der Waals surface area contributed by atoms with Gasteiger partial charge in [0.25, 0.3) is 0 Å². The van der Waals surface area contributed by atoms with Gasteiger partial charge in [0, 0.05) is 6.54 Å². The molecule has 0 amide bonds. The number of aliphatic hydroxyl groups excluding tert-OH is 2. The van der Waals surface area contributed by atoms with Gasteiger partial charge < -0.3 is 14.9 Å². The molecule has 3 rings (SSSR count). The molecule has 9 heteroatoms. The molecule has 2 fully saturated rings. The Hall–Kier alpha value is -1.10. The Labute approximate surface area is 146 Å². The summed E-state index contributed by atoms with van der Waals surface area (Å²) in [6, 6.07) is 4.18. The van der Waals surface area contributed by atoms with Crippen molar-refractivity contribution in [3.63, 3.8) is 0 Å². The summed E-state index contributed by atoms with van der Waals surface area (Å²) in [5.41, 5.74) is 0. The van der Waals surface area contributed by atoms with Crippen LogP contribution in [0.4, 0.5) is 4.39 Å². The molecule has 0 saturated carbocycles. The van der Waals surface area contributed by atoms with Crippen LogP contribution in [0.25, 0.3) is 0 Å². The summed E-state index contributed by atoms with van der Waals surface area (Å²) in [6.45, 7) is 1.26. The van der Waals surface area contributed by atoms with E-state index in [9.17, 15) is 23.0 Å². The molecule has 3 N–H and O–H groups in total. The highest BCUT2D eigenvalue weighted by atomic mass is 32.2. The van der Waals surface area contributed by atoms with Crippen LogP contribution in [-0.4, -0.2) is 74.1 Å². The van der Waals surface area contributed by atoms with Crippen LogP contribution in [0, 0.1) is 5.82 Å². The van der Waals surface area contributed by atoms with Crippen LogP contribution in [0.2, 0.25) is 0 Å². The number of aliphatic hydroxyl groups is 2. The molecule has 0 aliphatic carbocycles. The van der Waals surface area contributed by atoms with E-state index in [1.807, 2.05) is 0 Å². The van der Waals surface area contributed by atoms with Crippen molar-refractivity contribution in [2.45, 2.75) is 42.1 Å². The van der Waals surface area contributed by atoms with Gasteiger partial charge >= 0.3 is 0 Å². The zero-order valence-electron chi connectivity index (χ0n) is 13.7. The molecule has 2 saturated heterocycles. The average molecular weight is 374 g/mol. The van der Waals surface area contributed by atoms with Gasteiger partial charge in [0.05, 0.1) is 23.6 Å². The Morgan fingerprint density at radius 1 is 1.20 bits per heavy atom. The van der Waals surface area contributed by atoms with E-state index in [4.69, 9.17) is 4.74 Å². The summed E-state index contributed by atoms with van der Waals surface area (Å²) in [4.78, 5) is 2.04. The van der Waals surface area contributed by atoms with Crippen LogP contribution >= 0.6 is 0 Å². The second kappa shape index (κ2) is 7.65. The quantitative estimate of drug-likeness (QED) is 0.632. The number of rotatable bonds is 6. The van der Waals surface area contributed by atoms with Gasteiger partial charge in [0.1, 0.15) is 18.0 Å². The largest absolute Gasteiger partial charge is 0.394 e. The lowest BCUT2D eigenvalue weighted by atomic mass is 10.0. The lowest BCUT2D eigenvalue weighted by molar-refractivity contribution is -0.0201. The second-order valence-electron chi connectivity index (χ2n) is 6.43. The fraction of sp³-hybridized carbons (Fsp3) is 0.625. The number of sulfonamides is 1. The van der Waals surface area contributed by atoms with Gasteiger partial charge in [-0.3, -0.25) is 4.90 Å². The van der Waals surface area contributed by atoms with Crippen molar-refractivity contribution < 1.29 is 27.8 Å². The van der Waals surface area contributed by atoms with E-state index in [0.29, 0.717) is 0 Å². The van der Waals surface area contributed by atoms with Gasteiger partial charge in [0.2, 0.25) is 10.0 Å². The number of hydrogen-bond donors (Lipinski definition) is 3. The van der Waals surface area contributed by atoms with E-state index in [-0.39, 0.29) is 24.1 Å². The molecule has 25 heavy (non-hydrogen) atoms. The summed E-state index contributed by atoms with van der Waals surface area (Å²) in [6.07, 6.45) is -0.142. The monoisotopic (exact) mass is 374 g/mol. The number of nitrogens with zero attached hydrogens (tertiary/aromatic N) is 1. The van der Waals surface area contributed by atoms with Gasteiger partial charge in [-0.15, -0.1) is 0 Å². The standard InChI is InChI=1S/C16H23FN2O5S/c17-11-3-5-12(6-4-11)25(22,23)18-9-13-15(19-7-1-2-8-19)16(21)14(10-20)24-13/h3-6,13-16,18,20-21H,1-2,7-10H2/t13-,14+,15+,16-/m1/s1.